The number of carbonyl (C=O) groups is 1. The lowest BCUT2D eigenvalue weighted by molar-refractivity contribution is -0.870. The number of rotatable bonds is 53. The van der Waals surface area contributed by atoms with Crippen molar-refractivity contribution < 1.29 is 32.9 Å². The van der Waals surface area contributed by atoms with Crippen LogP contribution in [0.4, 0.5) is 0 Å². The lowest BCUT2D eigenvalue weighted by Gasteiger charge is -2.25. The minimum atomic E-state index is -4.38. The van der Waals surface area contributed by atoms with Crippen LogP contribution in [0.15, 0.2) is 158 Å². The molecule has 0 heterocycles. The maximum Gasteiger partial charge on any atom is 0.472 e. The molecule has 0 aliphatic heterocycles. The average Bonchev–Trinajstić information content (AvgIpc) is 3.39. The van der Waals surface area contributed by atoms with Crippen molar-refractivity contribution in [1.29, 1.82) is 0 Å². The highest BCUT2D eigenvalue weighted by Crippen LogP contribution is 2.43. The molecule has 1 amide bonds. The fraction of sp³-hybridized carbons (Fsp3) is 0.603. The molecule has 0 spiro atoms. The van der Waals surface area contributed by atoms with Crippen LogP contribution in [0.25, 0.3) is 0 Å². The molecule has 3 atom stereocenters. The molecule has 8 nitrogen and oxygen atoms in total. The number of likely N-dealkylation sites (N-methyl/N-ethyl adjacent to an activating group) is 1. The fourth-order valence-electron chi connectivity index (χ4n) is 7.77. The van der Waals surface area contributed by atoms with Crippen LogP contribution in [-0.2, 0) is 18.4 Å². The molecule has 0 saturated carbocycles. The zero-order chi connectivity index (χ0) is 56.3. The molecule has 0 aromatic heterocycles. The Hall–Kier alpha value is -3.88. The number of amides is 1. The zero-order valence-electron chi connectivity index (χ0n) is 49.6. The molecule has 436 valence electrons. The zero-order valence-corrected chi connectivity index (χ0v) is 50.5. The van der Waals surface area contributed by atoms with Crippen molar-refractivity contribution in [2.24, 2.45) is 0 Å². The predicted molar refractivity (Wildman–Crippen MR) is 336 cm³/mol. The Morgan fingerprint density at radius 3 is 1.19 bits per heavy atom. The van der Waals surface area contributed by atoms with Gasteiger partial charge in [0.15, 0.2) is 0 Å². The van der Waals surface area contributed by atoms with Gasteiger partial charge in [0.05, 0.1) is 39.9 Å². The van der Waals surface area contributed by atoms with Crippen LogP contribution in [0.5, 0.6) is 0 Å². The lowest BCUT2D eigenvalue weighted by atomic mass is 10.0. The van der Waals surface area contributed by atoms with E-state index in [4.69, 9.17) is 9.05 Å². The van der Waals surface area contributed by atoms with Gasteiger partial charge in [-0.15, -0.1) is 0 Å². The second kappa shape index (κ2) is 56.8. The van der Waals surface area contributed by atoms with Crippen LogP contribution in [0, 0.1) is 0 Å². The smallest absolute Gasteiger partial charge is 0.387 e. The molecular weight excluding hydrogens is 972 g/mol. The second-order valence-electron chi connectivity index (χ2n) is 21.0. The Morgan fingerprint density at radius 1 is 0.455 bits per heavy atom. The molecule has 0 rings (SSSR count). The highest BCUT2D eigenvalue weighted by atomic mass is 31.2. The van der Waals surface area contributed by atoms with Crippen molar-refractivity contribution in [3.8, 4) is 0 Å². The van der Waals surface area contributed by atoms with Crippen molar-refractivity contribution >= 4 is 13.7 Å². The standard InChI is InChI=1S/C68H113N2O6P/c1-6-8-10-12-14-16-18-20-22-24-26-27-28-29-30-31-32-33-34-35-36-37-38-39-40-41-42-43-44-46-48-50-52-54-56-58-60-62-68(72)69-66(65-76-77(73,74)75-64-63-70(3,4)5)67(71)61-59-57-55-53-51-49-47-45-25-23-21-19-17-15-13-11-9-7-2/h8,10,14,16,20,22,26-27,29-30,32-33,35-36,38-39,41-42,44,46,50-53,59,61,66-67,71H,6-7,9,11-13,15,17-19,21,23-25,28,31,34,37,40,43,45,47-49,54-58,60,62-65H2,1-5H3,(H-,69,72,73,74)/p+1/b10-8-,16-14-,22-20-,27-26-,30-29-,33-32-,36-35-,39-38-,42-41-,46-44-,52-50-,53-51+,61-59+. The summed E-state index contributed by atoms with van der Waals surface area (Å²) in [4.78, 5) is 23.3. The summed E-state index contributed by atoms with van der Waals surface area (Å²) < 4.78 is 23.7. The van der Waals surface area contributed by atoms with Crippen LogP contribution < -0.4 is 5.32 Å². The van der Waals surface area contributed by atoms with Gasteiger partial charge in [-0.05, 0) is 116 Å². The number of aliphatic hydroxyl groups is 1. The molecule has 0 aromatic carbocycles. The Labute approximate surface area is 473 Å². The minimum Gasteiger partial charge on any atom is -0.387 e. The number of phosphoric acid groups is 1. The molecule has 77 heavy (non-hydrogen) atoms. The minimum absolute atomic E-state index is 0.0406. The number of hydrogen-bond donors (Lipinski definition) is 3. The summed E-state index contributed by atoms with van der Waals surface area (Å²) in [6.45, 7) is 4.64. The molecule has 0 fully saturated rings. The van der Waals surface area contributed by atoms with Crippen LogP contribution in [-0.4, -0.2) is 73.4 Å². The Morgan fingerprint density at radius 2 is 0.792 bits per heavy atom. The number of quaternary nitrogens is 1. The number of allylic oxidation sites excluding steroid dienone is 25. The van der Waals surface area contributed by atoms with E-state index in [9.17, 15) is 19.4 Å². The Kier molecular flexibility index (Phi) is 54.0. The van der Waals surface area contributed by atoms with Gasteiger partial charge in [-0.2, -0.15) is 0 Å². The first-order chi connectivity index (χ1) is 37.5. The summed E-state index contributed by atoms with van der Waals surface area (Å²) in [5, 5.41) is 13.9. The summed E-state index contributed by atoms with van der Waals surface area (Å²) in [6.07, 6.45) is 89.3. The van der Waals surface area contributed by atoms with Gasteiger partial charge in [0.2, 0.25) is 5.91 Å². The maximum atomic E-state index is 13.0. The first-order valence-corrected chi connectivity index (χ1v) is 31.9. The third-order valence-electron chi connectivity index (χ3n) is 12.5. The number of unbranched alkanes of at least 4 members (excludes halogenated alkanes) is 16. The van der Waals surface area contributed by atoms with Crippen LogP contribution in [0.3, 0.4) is 0 Å². The lowest BCUT2D eigenvalue weighted by Crippen LogP contribution is -2.45. The summed E-state index contributed by atoms with van der Waals surface area (Å²) in [7, 11) is 1.51. The van der Waals surface area contributed by atoms with Crippen molar-refractivity contribution in [2.75, 3.05) is 40.9 Å². The van der Waals surface area contributed by atoms with Crippen LogP contribution in [0.1, 0.15) is 213 Å². The summed E-state index contributed by atoms with van der Waals surface area (Å²) in [5.41, 5.74) is 0. The van der Waals surface area contributed by atoms with E-state index in [1.165, 1.54) is 77.0 Å². The number of phosphoric ester groups is 1. The number of nitrogens with zero attached hydrogens (tertiary/aromatic N) is 1. The van der Waals surface area contributed by atoms with Gasteiger partial charge < -0.3 is 19.8 Å². The van der Waals surface area contributed by atoms with Gasteiger partial charge in [0.25, 0.3) is 0 Å². The van der Waals surface area contributed by atoms with E-state index in [1.807, 2.05) is 27.2 Å². The molecule has 0 aromatic rings. The number of aliphatic hydroxyl groups excluding tert-OH is 1. The van der Waals surface area contributed by atoms with E-state index in [-0.39, 0.29) is 19.1 Å². The van der Waals surface area contributed by atoms with E-state index in [0.29, 0.717) is 23.9 Å². The van der Waals surface area contributed by atoms with Gasteiger partial charge in [-0.3, -0.25) is 13.8 Å². The molecule has 3 N–H and O–H groups in total. The SMILES string of the molecule is CC/C=C\C/C=C\C/C=C\C/C=C\C/C=C\C/C=C\C/C=C\C/C=C\C/C=C\C/C=C\C/C=C\CCCCCC(=O)NC(COP(=O)(O)OCC[N+](C)(C)C)C(O)/C=C/CC/C=C/CCCCCCCCCCCCCC. The Balaban J connectivity index is 4.32. The number of nitrogens with one attached hydrogen (secondary N) is 1. The average molecular weight is 1090 g/mol. The van der Waals surface area contributed by atoms with Gasteiger partial charge in [-0.25, -0.2) is 4.57 Å². The molecule has 3 unspecified atom stereocenters. The molecule has 0 radical (unpaired) electrons. The maximum absolute atomic E-state index is 13.0. The van der Waals surface area contributed by atoms with E-state index >= 15 is 0 Å². The summed E-state index contributed by atoms with van der Waals surface area (Å²) in [5.74, 6) is -0.225. The van der Waals surface area contributed by atoms with Crippen molar-refractivity contribution in [1.82, 2.24) is 5.32 Å². The molecule has 0 saturated heterocycles. The third-order valence-corrected chi connectivity index (χ3v) is 13.5. The highest BCUT2D eigenvalue weighted by Gasteiger charge is 2.27. The van der Waals surface area contributed by atoms with Crippen LogP contribution >= 0.6 is 7.82 Å². The van der Waals surface area contributed by atoms with Gasteiger partial charge in [0, 0.05) is 6.42 Å². The van der Waals surface area contributed by atoms with E-state index in [2.05, 4.69) is 165 Å². The predicted octanol–water partition coefficient (Wildman–Crippen LogP) is 19.0. The van der Waals surface area contributed by atoms with E-state index in [0.717, 1.165) is 109 Å². The normalized spacial score (nSPS) is 14.9. The molecule has 0 aliphatic carbocycles. The molecular formula is C68H114N2O6P+. The van der Waals surface area contributed by atoms with Gasteiger partial charge in [0.1, 0.15) is 13.2 Å². The molecule has 0 aliphatic rings. The summed E-state index contributed by atoms with van der Waals surface area (Å²) in [6, 6.07) is -0.894. The van der Waals surface area contributed by atoms with Crippen molar-refractivity contribution in [2.45, 2.75) is 225 Å². The largest absolute Gasteiger partial charge is 0.472 e. The quantitative estimate of drug-likeness (QED) is 0.0243. The monoisotopic (exact) mass is 1090 g/mol. The fourth-order valence-corrected chi connectivity index (χ4v) is 8.50. The molecule has 0 bridgehead atoms. The molecule has 9 heteroatoms. The number of hydrogen-bond acceptors (Lipinski definition) is 5. The van der Waals surface area contributed by atoms with E-state index < -0.39 is 20.0 Å². The van der Waals surface area contributed by atoms with Crippen LogP contribution in [0.2, 0.25) is 0 Å². The first kappa shape index (κ1) is 73.1. The third kappa shape index (κ3) is 59.6. The second-order valence-corrected chi connectivity index (χ2v) is 22.4. The summed E-state index contributed by atoms with van der Waals surface area (Å²) >= 11 is 0. The van der Waals surface area contributed by atoms with Gasteiger partial charge in [-0.1, -0.05) is 249 Å². The van der Waals surface area contributed by atoms with Crippen molar-refractivity contribution in [3.05, 3.63) is 158 Å². The first-order valence-electron chi connectivity index (χ1n) is 30.4. The van der Waals surface area contributed by atoms with Crippen molar-refractivity contribution in [3.63, 3.8) is 0 Å². The topological polar surface area (TPSA) is 105 Å². The Bertz CT molecular complexity index is 1810. The highest BCUT2D eigenvalue weighted by molar-refractivity contribution is 7.47. The number of carbonyl (C=O) groups excluding carboxylic acids is 1. The van der Waals surface area contributed by atoms with Gasteiger partial charge >= 0.3 is 7.82 Å². The van der Waals surface area contributed by atoms with E-state index in [1.54, 1.807) is 6.08 Å².